The Bertz CT molecular complexity index is 1630. The molecule has 0 spiro atoms. The highest BCUT2D eigenvalue weighted by Crippen LogP contribution is 2.25. The molecule has 0 fully saturated rings. The van der Waals surface area contributed by atoms with Crippen LogP contribution in [0.5, 0.6) is 0 Å². The Morgan fingerprint density at radius 2 is 1.70 bits per heavy atom. The Labute approximate surface area is 212 Å². The number of amides is 1. The highest BCUT2D eigenvalue weighted by Gasteiger charge is 2.16. The van der Waals surface area contributed by atoms with E-state index in [4.69, 9.17) is 10.5 Å². The number of benzene rings is 2. The number of methoxy groups -OCH3 is 1. The summed E-state index contributed by atoms with van der Waals surface area (Å²) in [6.07, 6.45) is 3.32. The van der Waals surface area contributed by atoms with Crippen molar-refractivity contribution in [3.8, 4) is 11.4 Å². The second-order valence-electron chi connectivity index (χ2n) is 8.19. The number of nitrogen functional groups attached to an aromatic ring is 1. The van der Waals surface area contributed by atoms with Crippen LogP contribution in [0.25, 0.3) is 17.0 Å². The van der Waals surface area contributed by atoms with Crippen molar-refractivity contribution in [3.05, 3.63) is 95.9 Å². The molecular formula is C27H23N7O3. The maximum absolute atomic E-state index is 12.6. The SMILES string of the molecule is COC(=O)c1ccc2nc(C)c(-c3ccnc(Nc4ccc(C(=O)Nc5ccccc5N)cc4)n3)n2c1. The highest BCUT2D eigenvalue weighted by molar-refractivity contribution is 6.05. The molecular weight excluding hydrogens is 470 g/mol. The number of fused-ring (bicyclic) bond motifs is 1. The van der Waals surface area contributed by atoms with E-state index in [2.05, 4.69) is 25.6 Å². The number of nitrogens with two attached hydrogens (primary N) is 1. The molecule has 10 nitrogen and oxygen atoms in total. The number of imidazole rings is 1. The summed E-state index contributed by atoms with van der Waals surface area (Å²) in [5, 5.41) is 5.97. The van der Waals surface area contributed by atoms with Gasteiger partial charge in [-0.1, -0.05) is 12.1 Å². The maximum Gasteiger partial charge on any atom is 0.339 e. The van der Waals surface area contributed by atoms with Gasteiger partial charge >= 0.3 is 5.97 Å². The molecule has 37 heavy (non-hydrogen) atoms. The molecule has 0 atom stereocenters. The second-order valence-corrected chi connectivity index (χ2v) is 8.19. The van der Waals surface area contributed by atoms with Crippen molar-refractivity contribution in [2.45, 2.75) is 6.92 Å². The topological polar surface area (TPSA) is 137 Å². The van der Waals surface area contributed by atoms with Gasteiger partial charge in [0.15, 0.2) is 0 Å². The van der Waals surface area contributed by atoms with Gasteiger partial charge < -0.3 is 21.1 Å². The van der Waals surface area contributed by atoms with Crippen LogP contribution in [-0.2, 0) is 4.74 Å². The predicted molar refractivity (Wildman–Crippen MR) is 141 cm³/mol. The average Bonchev–Trinajstić information content (AvgIpc) is 3.25. The lowest BCUT2D eigenvalue weighted by Crippen LogP contribution is -2.13. The first-order chi connectivity index (χ1) is 17.9. The van der Waals surface area contributed by atoms with E-state index < -0.39 is 5.97 Å². The Balaban J connectivity index is 1.37. The molecule has 3 heterocycles. The molecule has 0 saturated carbocycles. The van der Waals surface area contributed by atoms with Crippen molar-refractivity contribution >= 4 is 40.5 Å². The van der Waals surface area contributed by atoms with Crippen LogP contribution in [0.15, 0.2) is 79.1 Å². The van der Waals surface area contributed by atoms with Crippen molar-refractivity contribution in [1.82, 2.24) is 19.4 Å². The fourth-order valence-electron chi connectivity index (χ4n) is 3.90. The third-order valence-electron chi connectivity index (χ3n) is 5.72. The van der Waals surface area contributed by atoms with Crippen molar-refractivity contribution in [2.24, 2.45) is 0 Å². The van der Waals surface area contributed by atoms with Crippen LogP contribution in [0.3, 0.4) is 0 Å². The molecule has 0 unspecified atom stereocenters. The van der Waals surface area contributed by atoms with Crippen LogP contribution < -0.4 is 16.4 Å². The fraction of sp³-hybridized carbons (Fsp3) is 0.0741. The monoisotopic (exact) mass is 493 g/mol. The van der Waals surface area contributed by atoms with Crippen LogP contribution in [0.4, 0.5) is 23.0 Å². The predicted octanol–water partition coefficient (Wildman–Crippen LogP) is 4.46. The molecule has 0 saturated heterocycles. The molecule has 5 aromatic rings. The van der Waals surface area contributed by atoms with Crippen LogP contribution in [0, 0.1) is 6.92 Å². The Morgan fingerprint density at radius 3 is 2.46 bits per heavy atom. The van der Waals surface area contributed by atoms with Crippen molar-refractivity contribution in [2.75, 3.05) is 23.5 Å². The van der Waals surface area contributed by atoms with Crippen molar-refractivity contribution in [3.63, 3.8) is 0 Å². The summed E-state index contributed by atoms with van der Waals surface area (Å²) in [5.74, 6) is -0.337. The van der Waals surface area contributed by atoms with Gasteiger partial charge in [0.25, 0.3) is 5.91 Å². The number of rotatable bonds is 6. The number of pyridine rings is 1. The molecule has 0 bridgehead atoms. The van der Waals surface area contributed by atoms with Gasteiger partial charge in [-0.05, 0) is 61.5 Å². The molecule has 0 aliphatic rings. The Morgan fingerprint density at radius 1 is 0.946 bits per heavy atom. The number of nitrogens with zero attached hydrogens (tertiary/aromatic N) is 4. The summed E-state index contributed by atoms with van der Waals surface area (Å²) in [6, 6.07) is 19.2. The number of aryl methyl sites for hydroxylation is 1. The van der Waals surface area contributed by atoms with Gasteiger partial charge in [-0.25, -0.2) is 19.7 Å². The van der Waals surface area contributed by atoms with E-state index in [0.717, 1.165) is 11.4 Å². The fourth-order valence-corrected chi connectivity index (χ4v) is 3.90. The van der Waals surface area contributed by atoms with Gasteiger partial charge in [-0.3, -0.25) is 9.20 Å². The number of hydrogen-bond acceptors (Lipinski definition) is 8. The van der Waals surface area contributed by atoms with E-state index in [9.17, 15) is 9.59 Å². The number of aromatic nitrogens is 4. The second kappa shape index (κ2) is 9.78. The maximum atomic E-state index is 12.6. The van der Waals surface area contributed by atoms with Gasteiger partial charge in [-0.2, -0.15) is 0 Å². The molecule has 4 N–H and O–H groups in total. The first kappa shape index (κ1) is 23.5. The molecule has 184 valence electrons. The largest absolute Gasteiger partial charge is 0.465 e. The van der Waals surface area contributed by atoms with E-state index in [1.807, 2.05) is 6.92 Å². The number of anilines is 4. The minimum Gasteiger partial charge on any atom is -0.465 e. The molecule has 10 heteroatoms. The van der Waals surface area contributed by atoms with Gasteiger partial charge in [0.05, 0.1) is 41.1 Å². The first-order valence-corrected chi connectivity index (χ1v) is 11.4. The first-order valence-electron chi connectivity index (χ1n) is 11.4. The standard InChI is InChI=1S/C27H23N7O3/c1-16-24(34-15-18(26(36)37-2)9-12-23(34)30-16)22-13-14-29-27(33-22)31-19-10-7-17(8-11-19)25(35)32-21-6-4-3-5-20(21)28/h3-15H,28H2,1-2H3,(H,32,35)(H,29,31,33). The molecule has 2 aromatic carbocycles. The zero-order chi connectivity index (χ0) is 25.9. The van der Waals surface area contributed by atoms with E-state index in [1.54, 1.807) is 83.5 Å². The number of nitrogens with one attached hydrogen (secondary N) is 2. The minimum absolute atomic E-state index is 0.267. The van der Waals surface area contributed by atoms with Crippen LogP contribution in [0.2, 0.25) is 0 Å². The van der Waals surface area contributed by atoms with Gasteiger partial charge in [0.2, 0.25) is 5.95 Å². The third kappa shape index (κ3) is 4.80. The number of ether oxygens (including phenoxy) is 1. The quantitative estimate of drug-likeness (QED) is 0.233. The van der Waals surface area contributed by atoms with Crippen LogP contribution >= 0.6 is 0 Å². The van der Waals surface area contributed by atoms with E-state index in [-0.39, 0.29) is 5.91 Å². The zero-order valence-electron chi connectivity index (χ0n) is 20.1. The molecule has 0 aliphatic carbocycles. The zero-order valence-corrected chi connectivity index (χ0v) is 20.1. The van der Waals surface area contributed by atoms with Crippen molar-refractivity contribution < 1.29 is 14.3 Å². The highest BCUT2D eigenvalue weighted by atomic mass is 16.5. The number of para-hydroxylation sites is 2. The smallest absolute Gasteiger partial charge is 0.339 e. The molecule has 5 rings (SSSR count). The van der Waals surface area contributed by atoms with Gasteiger partial charge in [-0.15, -0.1) is 0 Å². The lowest BCUT2D eigenvalue weighted by atomic mass is 10.2. The van der Waals surface area contributed by atoms with Crippen LogP contribution in [0.1, 0.15) is 26.4 Å². The minimum atomic E-state index is -0.436. The van der Waals surface area contributed by atoms with Crippen molar-refractivity contribution in [1.29, 1.82) is 0 Å². The van der Waals surface area contributed by atoms with Gasteiger partial charge in [0, 0.05) is 23.6 Å². The number of carbonyl (C=O) groups excluding carboxylic acids is 2. The number of hydrogen-bond donors (Lipinski definition) is 3. The Kier molecular flexibility index (Phi) is 6.21. The summed E-state index contributed by atoms with van der Waals surface area (Å²) in [6.45, 7) is 1.88. The number of carbonyl (C=O) groups is 2. The summed E-state index contributed by atoms with van der Waals surface area (Å²) >= 11 is 0. The average molecular weight is 494 g/mol. The van der Waals surface area contributed by atoms with Crippen LogP contribution in [-0.4, -0.2) is 38.3 Å². The summed E-state index contributed by atoms with van der Waals surface area (Å²) in [5.41, 5.74) is 11.3. The van der Waals surface area contributed by atoms with E-state index in [0.29, 0.717) is 45.5 Å². The summed E-state index contributed by atoms with van der Waals surface area (Å²) in [7, 11) is 1.34. The molecule has 0 aliphatic heterocycles. The normalized spacial score (nSPS) is 10.8. The summed E-state index contributed by atoms with van der Waals surface area (Å²) in [4.78, 5) is 38.1. The molecule has 0 radical (unpaired) electrons. The lowest BCUT2D eigenvalue weighted by Gasteiger charge is -2.10. The summed E-state index contributed by atoms with van der Waals surface area (Å²) < 4.78 is 6.65. The Hall–Kier alpha value is -5.25. The van der Waals surface area contributed by atoms with E-state index in [1.165, 1.54) is 7.11 Å². The number of esters is 1. The third-order valence-corrected chi connectivity index (χ3v) is 5.72. The molecule has 1 amide bonds. The lowest BCUT2D eigenvalue weighted by molar-refractivity contribution is 0.0600. The van der Waals surface area contributed by atoms with Gasteiger partial charge in [0.1, 0.15) is 5.65 Å². The van der Waals surface area contributed by atoms with E-state index >= 15 is 0 Å². The molecule has 3 aromatic heterocycles.